The molecule has 0 aliphatic heterocycles. The molecule has 0 atom stereocenters. The maximum atomic E-state index is 12.0. The van der Waals surface area contributed by atoms with Crippen molar-refractivity contribution in [3.63, 3.8) is 0 Å². The van der Waals surface area contributed by atoms with Crippen molar-refractivity contribution in [3.05, 3.63) is 51.3 Å². The fourth-order valence-corrected chi connectivity index (χ4v) is 2.14. The van der Waals surface area contributed by atoms with Crippen LogP contribution in [-0.4, -0.2) is 9.78 Å². The highest BCUT2D eigenvalue weighted by atomic mass is 35.5. The van der Waals surface area contributed by atoms with Crippen LogP contribution in [-0.2, 0) is 12.4 Å². The summed E-state index contributed by atoms with van der Waals surface area (Å²) in [6.45, 7) is 2.59. The van der Waals surface area contributed by atoms with Crippen LogP contribution in [0.2, 0.25) is 5.02 Å². The van der Waals surface area contributed by atoms with Gasteiger partial charge in [0.05, 0.1) is 11.6 Å². The van der Waals surface area contributed by atoms with Gasteiger partial charge < -0.3 is 0 Å². The van der Waals surface area contributed by atoms with Crippen LogP contribution in [0.4, 0.5) is 0 Å². The van der Waals surface area contributed by atoms with Gasteiger partial charge in [-0.15, -0.1) is 11.6 Å². The van der Waals surface area contributed by atoms with Gasteiger partial charge in [0.25, 0.3) is 5.56 Å². The predicted molar refractivity (Wildman–Crippen MR) is 78.8 cm³/mol. The van der Waals surface area contributed by atoms with E-state index < -0.39 is 0 Å². The normalized spacial score (nSPS) is 10.7. The third kappa shape index (κ3) is 3.17. The van der Waals surface area contributed by atoms with Gasteiger partial charge in [0.1, 0.15) is 0 Å². The number of hydrogen-bond donors (Lipinski definition) is 0. The second kappa shape index (κ2) is 6.22. The predicted octanol–water partition coefficient (Wildman–Crippen LogP) is 3.71. The summed E-state index contributed by atoms with van der Waals surface area (Å²) in [5, 5.41) is 5.04. The zero-order chi connectivity index (χ0) is 13.8. The minimum Gasteiger partial charge on any atom is -0.267 e. The quantitative estimate of drug-likeness (QED) is 0.806. The first-order valence-electron chi connectivity index (χ1n) is 6.08. The summed E-state index contributed by atoms with van der Waals surface area (Å²) in [5.74, 6) is 0.186. The molecule has 0 N–H and O–H groups in total. The Morgan fingerprint density at radius 1 is 1.26 bits per heavy atom. The highest BCUT2D eigenvalue weighted by Crippen LogP contribution is 2.19. The Balaban J connectivity index is 2.54. The van der Waals surface area contributed by atoms with Crippen LogP contribution in [0.3, 0.4) is 0 Å². The second-order valence-corrected chi connectivity index (χ2v) is 4.93. The SMILES string of the molecule is CCCn1nc(-c2ccc(Cl)cc2)cc(CCl)c1=O. The van der Waals surface area contributed by atoms with E-state index in [9.17, 15) is 4.79 Å². The average Bonchev–Trinajstić information content (AvgIpc) is 2.42. The topological polar surface area (TPSA) is 34.9 Å². The Hall–Kier alpha value is -1.32. The van der Waals surface area contributed by atoms with E-state index in [0.717, 1.165) is 17.7 Å². The van der Waals surface area contributed by atoms with Gasteiger partial charge in [-0.3, -0.25) is 4.79 Å². The summed E-state index contributed by atoms with van der Waals surface area (Å²) in [6.07, 6.45) is 0.846. The molecular weight excluding hydrogens is 283 g/mol. The molecule has 0 saturated heterocycles. The number of alkyl halides is 1. The van der Waals surface area contributed by atoms with Crippen molar-refractivity contribution in [2.24, 2.45) is 0 Å². The molecule has 0 radical (unpaired) electrons. The van der Waals surface area contributed by atoms with Gasteiger partial charge in [-0.2, -0.15) is 5.10 Å². The molecule has 1 aromatic carbocycles. The summed E-state index contributed by atoms with van der Waals surface area (Å²) in [6, 6.07) is 9.10. The number of hydrogen-bond acceptors (Lipinski definition) is 2. The van der Waals surface area contributed by atoms with E-state index in [1.165, 1.54) is 4.68 Å². The van der Waals surface area contributed by atoms with Crippen LogP contribution < -0.4 is 5.56 Å². The van der Waals surface area contributed by atoms with Crippen molar-refractivity contribution in [2.75, 3.05) is 0 Å². The third-order valence-electron chi connectivity index (χ3n) is 2.77. The van der Waals surface area contributed by atoms with Crippen LogP contribution in [0.15, 0.2) is 35.1 Å². The smallest absolute Gasteiger partial charge is 0.267 e. The highest BCUT2D eigenvalue weighted by molar-refractivity contribution is 6.30. The first-order valence-corrected chi connectivity index (χ1v) is 7.00. The Labute approximate surface area is 121 Å². The van der Waals surface area contributed by atoms with Crippen LogP contribution in [0.25, 0.3) is 11.3 Å². The molecule has 2 aromatic rings. The van der Waals surface area contributed by atoms with Crippen molar-refractivity contribution in [1.29, 1.82) is 0 Å². The van der Waals surface area contributed by atoms with Gasteiger partial charge in [0.15, 0.2) is 0 Å². The molecule has 0 aliphatic carbocycles. The molecule has 0 unspecified atom stereocenters. The first kappa shape index (κ1) is 14.1. The molecule has 0 amide bonds. The number of nitrogens with zero attached hydrogens (tertiary/aromatic N) is 2. The first-order chi connectivity index (χ1) is 9.15. The van der Waals surface area contributed by atoms with Gasteiger partial charge >= 0.3 is 0 Å². The Morgan fingerprint density at radius 3 is 2.53 bits per heavy atom. The van der Waals surface area contributed by atoms with Gasteiger partial charge in [-0.1, -0.05) is 30.7 Å². The Morgan fingerprint density at radius 2 is 1.95 bits per heavy atom. The van der Waals surface area contributed by atoms with Crippen molar-refractivity contribution >= 4 is 23.2 Å². The van der Waals surface area contributed by atoms with E-state index in [4.69, 9.17) is 23.2 Å². The van der Waals surface area contributed by atoms with Crippen LogP contribution in [0.5, 0.6) is 0 Å². The third-order valence-corrected chi connectivity index (χ3v) is 3.31. The van der Waals surface area contributed by atoms with Crippen LogP contribution in [0.1, 0.15) is 18.9 Å². The molecule has 0 fully saturated rings. The standard InChI is InChI=1S/C14H14Cl2N2O/c1-2-7-18-14(19)11(9-15)8-13(17-18)10-3-5-12(16)6-4-10/h3-6,8H,2,7,9H2,1H3. The van der Waals surface area contributed by atoms with Crippen LogP contribution in [0, 0.1) is 0 Å². The van der Waals surface area contributed by atoms with Gasteiger partial charge in [-0.05, 0) is 24.6 Å². The minimum atomic E-state index is -0.116. The zero-order valence-corrected chi connectivity index (χ0v) is 12.1. The lowest BCUT2D eigenvalue weighted by molar-refractivity contribution is 0.567. The molecular formula is C14H14Cl2N2O. The molecule has 0 saturated carbocycles. The summed E-state index contributed by atoms with van der Waals surface area (Å²) in [4.78, 5) is 12.0. The van der Waals surface area contributed by atoms with Gasteiger partial charge in [0, 0.05) is 22.7 Å². The monoisotopic (exact) mass is 296 g/mol. The maximum absolute atomic E-state index is 12.0. The summed E-state index contributed by atoms with van der Waals surface area (Å²) < 4.78 is 1.47. The number of halogens is 2. The Kier molecular flexibility index (Phi) is 4.61. The molecule has 100 valence electrons. The van der Waals surface area contributed by atoms with E-state index in [2.05, 4.69) is 5.10 Å². The van der Waals surface area contributed by atoms with E-state index >= 15 is 0 Å². The fourth-order valence-electron chi connectivity index (χ4n) is 1.82. The zero-order valence-electron chi connectivity index (χ0n) is 10.6. The summed E-state index contributed by atoms with van der Waals surface area (Å²) in [7, 11) is 0. The molecule has 3 nitrogen and oxygen atoms in total. The molecule has 19 heavy (non-hydrogen) atoms. The molecule has 5 heteroatoms. The number of aromatic nitrogens is 2. The lowest BCUT2D eigenvalue weighted by Crippen LogP contribution is -2.26. The minimum absolute atomic E-state index is 0.116. The second-order valence-electron chi connectivity index (χ2n) is 4.22. The maximum Gasteiger partial charge on any atom is 0.271 e. The fraction of sp³-hybridized carbons (Fsp3) is 0.286. The van der Waals surface area contributed by atoms with Crippen LogP contribution >= 0.6 is 23.2 Å². The lowest BCUT2D eigenvalue weighted by atomic mass is 10.1. The summed E-state index contributed by atoms with van der Waals surface area (Å²) in [5.41, 5.74) is 2.10. The number of benzene rings is 1. The lowest BCUT2D eigenvalue weighted by Gasteiger charge is -2.08. The molecule has 1 aromatic heterocycles. The molecule has 1 heterocycles. The van der Waals surface area contributed by atoms with Crippen molar-refractivity contribution in [1.82, 2.24) is 9.78 Å². The van der Waals surface area contributed by atoms with Crippen molar-refractivity contribution in [2.45, 2.75) is 25.8 Å². The summed E-state index contributed by atoms with van der Waals surface area (Å²) >= 11 is 11.7. The van der Waals surface area contributed by atoms with Crippen molar-refractivity contribution in [3.8, 4) is 11.3 Å². The van der Waals surface area contributed by atoms with E-state index in [1.54, 1.807) is 18.2 Å². The largest absolute Gasteiger partial charge is 0.271 e. The molecule has 0 bridgehead atoms. The molecule has 2 rings (SSSR count). The van der Waals surface area contributed by atoms with E-state index in [0.29, 0.717) is 17.1 Å². The van der Waals surface area contributed by atoms with Gasteiger partial charge in [0.2, 0.25) is 0 Å². The van der Waals surface area contributed by atoms with E-state index in [1.807, 2.05) is 19.1 Å². The number of aryl methyl sites for hydroxylation is 1. The van der Waals surface area contributed by atoms with Gasteiger partial charge in [-0.25, -0.2) is 4.68 Å². The number of rotatable bonds is 4. The van der Waals surface area contributed by atoms with E-state index in [-0.39, 0.29) is 11.4 Å². The average molecular weight is 297 g/mol. The highest BCUT2D eigenvalue weighted by Gasteiger charge is 2.08. The molecule has 0 aliphatic rings. The van der Waals surface area contributed by atoms with Crippen molar-refractivity contribution < 1.29 is 0 Å². The molecule has 0 spiro atoms. The Bertz CT molecular complexity index is 620.